The number of hydrogen-bond donors (Lipinski definition) is 5. The van der Waals surface area contributed by atoms with E-state index in [4.69, 9.17) is 15.6 Å². The van der Waals surface area contributed by atoms with E-state index in [-0.39, 0.29) is 6.61 Å². The molecule has 0 aromatic heterocycles. The zero-order chi connectivity index (χ0) is 19.2. The molecule has 0 spiro atoms. The minimum atomic E-state index is -2.08. The number of carboxylic acid groups (broad SMARTS) is 2. The molecule has 4 atom stereocenters. The zero-order valence-electron chi connectivity index (χ0n) is 13.9. The molecular formula is C16H22N2O7. The summed E-state index contributed by atoms with van der Waals surface area (Å²) in [5.41, 5.74) is 4.04. The first-order valence-corrected chi connectivity index (χ1v) is 7.48. The van der Waals surface area contributed by atoms with Crippen molar-refractivity contribution in [3.8, 4) is 0 Å². The molecule has 0 heterocycles. The largest absolute Gasteiger partial charge is 0.480 e. The van der Waals surface area contributed by atoms with E-state index in [9.17, 15) is 24.6 Å². The van der Waals surface area contributed by atoms with Crippen molar-refractivity contribution in [3.05, 3.63) is 35.9 Å². The summed E-state index contributed by atoms with van der Waals surface area (Å²) < 4.78 is 4.94. The van der Waals surface area contributed by atoms with E-state index in [1.54, 1.807) is 30.3 Å². The van der Waals surface area contributed by atoms with Gasteiger partial charge in [0.2, 0.25) is 0 Å². The maximum atomic E-state index is 11.8. The SMILES string of the molecule is CC(C(NC(=O)OCc1ccccc1)C(=O)O)C(C)(O)C(N)C(=O)O. The molecule has 6 N–H and O–H groups in total. The van der Waals surface area contributed by atoms with E-state index in [1.165, 1.54) is 6.92 Å². The molecule has 9 nitrogen and oxygen atoms in total. The van der Waals surface area contributed by atoms with Crippen LogP contribution in [0.15, 0.2) is 30.3 Å². The van der Waals surface area contributed by atoms with Gasteiger partial charge < -0.3 is 31.1 Å². The fourth-order valence-corrected chi connectivity index (χ4v) is 2.16. The molecular weight excluding hydrogens is 332 g/mol. The van der Waals surface area contributed by atoms with Gasteiger partial charge in [-0.15, -0.1) is 0 Å². The summed E-state index contributed by atoms with van der Waals surface area (Å²) in [6.07, 6.45) is -1.01. The molecule has 1 rings (SSSR count). The van der Waals surface area contributed by atoms with Crippen LogP contribution in [-0.2, 0) is 20.9 Å². The molecule has 1 amide bonds. The summed E-state index contributed by atoms with van der Waals surface area (Å²) >= 11 is 0. The molecule has 138 valence electrons. The average Bonchev–Trinajstić information content (AvgIpc) is 2.56. The van der Waals surface area contributed by atoms with E-state index in [0.717, 1.165) is 6.92 Å². The number of benzene rings is 1. The summed E-state index contributed by atoms with van der Waals surface area (Å²) in [7, 11) is 0. The Bertz CT molecular complexity index is 618. The van der Waals surface area contributed by atoms with Crippen molar-refractivity contribution < 1.29 is 34.4 Å². The van der Waals surface area contributed by atoms with E-state index < -0.39 is 41.6 Å². The Kier molecular flexibility index (Phi) is 6.89. The van der Waals surface area contributed by atoms with E-state index in [2.05, 4.69) is 5.32 Å². The third-order valence-electron chi connectivity index (χ3n) is 4.07. The Morgan fingerprint density at radius 2 is 1.76 bits per heavy atom. The first-order valence-electron chi connectivity index (χ1n) is 7.48. The lowest BCUT2D eigenvalue weighted by Crippen LogP contribution is -2.61. The Hall–Kier alpha value is -2.65. The first-order chi connectivity index (χ1) is 11.6. The van der Waals surface area contributed by atoms with Crippen molar-refractivity contribution in [1.82, 2.24) is 5.32 Å². The Balaban J connectivity index is 2.77. The van der Waals surface area contributed by atoms with E-state index in [0.29, 0.717) is 5.56 Å². The summed E-state index contributed by atoms with van der Waals surface area (Å²) in [4.78, 5) is 34.2. The van der Waals surface area contributed by atoms with Gasteiger partial charge in [0.1, 0.15) is 18.7 Å². The van der Waals surface area contributed by atoms with Crippen LogP contribution >= 0.6 is 0 Å². The van der Waals surface area contributed by atoms with Crippen molar-refractivity contribution in [2.24, 2.45) is 11.7 Å². The normalized spacial score (nSPS) is 16.8. The number of nitrogens with one attached hydrogen (secondary N) is 1. The highest BCUT2D eigenvalue weighted by Crippen LogP contribution is 2.24. The maximum Gasteiger partial charge on any atom is 0.408 e. The topological polar surface area (TPSA) is 159 Å². The molecule has 25 heavy (non-hydrogen) atoms. The molecule has 0 saturated heterocycles. The number of alkyl carbamates (subject to hydrolysis) is 1. The first kappa shape index (κ1) is 20.4. The quantitative estimate of drug-likeness (QED) is 0.441. The van der Waals surface area contributed by atoms with E-state index >= 15 is 0 Å². The number of carbonyl (C=O) groups is 3. The van der Waals surface area contributed by atoms with Crippen molar-refractivity contribution in [2.45, 2.75) is 38.1 Å². The Morgan fingerprint density at radius 3 is 2.24 bits per heavy atom. The lowest BCUT2D eigenvalue weighted by molar-refractivity contribution is -0.153. The minimum absolute atomic E-state index is 0.0710. The second kappa shape index (κ2) is 8.45. The molecule has 0 aliphatic carbocycles. The van der Waals surface area contributed by atoms with Crippen LogP contribution in [0, 0.1) is 5.92 Å². The van der Waals surface area contributed by atoms with Crippen LogP contribution in [0.2, 0.25) is 0 Å². The highest BCUT2D eigenvalue weighted by Gasteiger charge is 2.45. The van der Waals surface area contributed by atoms with Gasteiger partial charge in [-0.05, 0) is 12.5 Å². The van der Waals surface area contributed by atoms with Crippen molar-refractivity contribution in [3.63, 3.8) is 0 Å². The molecule has 1 aromatic carbocycles. The Morgan fingerprint density at radius 1 is 1.20 bits per heavy atom. The molecule has 0 aliphatic rings. The number of carboxylic acids is 2. The van der Waals surface area contributed by atoms with Crippen LogP contribution in [0.25, 0.3) is 0 Å². The smallest absolute Gasteiger partial charge is 0.408 e. The molecule has 0 radical (unpaired) electrons. The zero-order valence-corrected chi connectivity index (χ0v) is 13.9. The van der Waals surface area contributed by atoms with Crippen molar-refractivity contribution >= 4 is 18.0 Å². The number of rotatable bonds is 8. The second-order valence-electron chi connectivity index (χ2n) is 5.85. The molecule has 1 aromatic rings. The van der Waals surface area contributed by atoms with Crippen LogP contribution in [-0.4, -0.2) is 51.0 Å². The standard InChI is InChI=1S/C16H22N2O7/c1-9(16(2,24)12(17)14(21)22)11(13(19)20)18-15(23)25-8-10-6-4-3-5-7-10/h3-7,9,11-12,24H,8,17H2,1-2H3,(H,18,23)(H,19,20)(H,21,22). The number of nitrogens with two attached hydrogens (primary N) is 1. The summed E-state index contributed by atoms with van der Waals surface area (Å²) in [6.45, 7) is 2.31. The van der Waals surface area contributed by atoms with Gasteiger partial charge in [-0.25, -0.2) is 9.59 Å². The molecule has 0 bridgehead atoms. The van der Waals surface area contributed by atoms with Gasteiger partial charge in [0.15, 0.2) is 0 Å². The Labute approximate surface area is 144 Å². The van der Waals surface area contributed by atoms with Gasteiger partial charge in [-0.3, -0.25) is 4.79 Å². The molecule has 0 fully saturated rings. The molecule has 0 saturated carbocycles. The highest BCUT2D eigenvalue weighted by atomic mass is 16.5. The molecule has 9 heteroatoms. The van der Waals surface area contributed by atoms with Crippen LogP contribution < -0.4 is 11.1 Å². The van der Waals surface area contributed by atoms with Crippen LogP contribution in [0.3, 0.4) is 0 Å². The van der Waals surface area contributed by atoms with Gasteiger partial charge in [0, 0.05) is 5.92 Å². The number of ether oxygens (including phenoxy) is 1. The summed E-state index contributed by atoms with van der Waals surface area (Å²) in [5, 5.41) is 30.6. The highest BCUT2D eigenvalue weighted by molar-refractivity contribution is 5.81. The predicted octanol–water partition coefficient (Wildman–Crippen LogP) is 0.165. The third kappa shape index (κ3) is 5.44. The molecule has 4 unspecified atom stereocenters. The van der Waals surface area contributed by atoms with Gasteiger partial charge >= 0.3 is 18.0 Å². The van der Waals surface area contributed by atoms with Gasteiger partial charge in [-0.1, -0.05) is 37.3 Å². The second-order valence-corrected chi connectivity index (χ2v) is 5.85. The van der Waals surface area contributed by atoms with Crippen molar-refractivity contribution in [1.29, 1.82) is 0 Å². The number of hydrogen-bond acceptors (Lipinski definition) is 6. The van der Waals surface area contributed by atoms with Crippen LogP contribution in [0.1, 0.15) is 19.4 Å². The van der Waals surface area contributed by atoms with Crippen LogP contribution in [0.5, 0.6) is 0 Å². The monoisotopic (exact) mass is 354 g/mol. The number of amides is 1. The number of carbonyl (C=O) groups excluding carboxylic acids is 1. The predicted molar refractivity (Wildman–Crippen MR) is 86.6 cm³/mol. The van der Waals surface area contributed by atoms with Crippen molar-refractivity contribution in [2.75, 3.05) is 0 Å². The van der Waals surface area contributed by atoms with Gasteiger partial charge in [0.05, 0.1) is 5.60 Å². The average molecular weight is 354 g/mol. The number of aliphatic carboxylic acids is 2. The fraction of sp³-hybridized carbons (Fsp3) is 0.438. The lowest BCUT2D eigenvalue weighted by atomic mass is 9.79. The van der Waals surface area contributed by atoms with Gasteiger partial charge in [-0.2, -0.15) is 0 Å². The minimum Gasteiger partial charge on any atom is -0.480 e. The summed E-state index contributed by atoms with van der Waals surface area (Å²) in [6, 6.07) is 5.42. The molecule has 0 aliphatic heterocycles. The lowest BCUT2D eigenvalue weighted by Gasteiger charge is -2.36. The number of aliphatic hydroxyl groups is 1. The maximum absolute atomic E-state index is 11.8. The fourth-order valence-electron chi connectivity index (χ4n) is 2.16. The van der Waals surface area contributed by atoms with Gasteiger partial charge in [0.25, 0.3) is 0 Å². The van der Waals surface area contributed by atoms with E-state index in [1.807, 2.05) is 0 Å². The third-order valence-corrected chi connectivity index (χ3v) is 4.07. The van der Waals surface area contributed by atoms with Crippen LogP contribution in [0.4, 0.5) is 4.79 Å². The summed E-state index contributed by atoms with van der Waals surface area (Å²) in [5.74, 6) is -4.16.